The van der Waals surface area contributed by atoms with E-state index in [1.807, 2.05) is 13.1 Å². The van der Waals surface area contributed by atoms with Crippen molar-refractivity contribution in [2.75, 3.05) is 24.2 Å². The number of rotatable bonds is 4. The first-order chi connectivity index (χ1) is 9.59. The molecule has 1 aromatic heterocycles. The van der Waals surface area contributed by atoms with Gasteiger partial charge in [-0.2, -0.15) is 4.98 Å². The molecule has 0 spiro atoms. The molecular weight excluding hydrogens is 272 g/mol. The zero-order chi connectivity index (χ0) is 14.2. The zero-order valence-corrected chi connectivity index (χ0v) is 12.1. The number of likely N-dealkylation sites (N-methyl/N-ethyl adjacent to an activating group) is 1. The van der Waals surface area contributed by atoms with Crippen molar-refractivity contribution < 1.29 is 0 Å². The second kappa shape index (κ2) is 4.94. The van der Waals surface area contributed by atoms with Crippen LogP contribution in [-0.2, 0) is 5.41 Å². The van der Waals surface area contributed by atoms with E-state index in [9.17, 15) is 0 Å². The molecule has 2 aromatic rings. The third-order valence-corrected chi connectivity index (χ3v) is 4.06. The predicted molar refractivity (Wildman–Crippen MR) is 82.1 cm³/mol. The molecule has 20 heavy (non-hydrogen) atoms. The molecule has 0 bridgehead atoms. The summed E-state index contributed by atoms with van der Waals surface area (Å²) in [7, 11) is 2.01. The standard InChI is InChI=1S/C15H17ClN4/c1-20(13-9-12(16)18-14(17)19-13)10-15(7-8-15)11-5-3-2-4-6-11/h2-6,9H,7-8,10H2,1H3,(H2,17,18,19). The van der Waals surface area contributed by atoms with E-state index >= 15 is 0 Å². The smallest absolute Gasteiger partial charge is 0.223 e. The lowest BCUT2D eigenvalue weighted by Crippen LogP contribution is -2.30. The molecule has 1 heterocycles. The van der Waals surface area contributed by atoms with Crippen LogP contribution in [-0.4, -0.2) is 23.6 Å². The molecule has 0 atom stereocenters. The Hall–Kier alpha value is -1.81. The van der Waals surface area contributed by atoms with Gasteiger partial charge in [0.1, 0.15) is 11.0 Å². The molecule has 0 amide bonds. The van der Waals surface area contributed by atoms with Crippen LogP contribution in [0.1, 0.15) is 18.4 Å². The predicted octanol–water partition coefficient (Wildman–Crippen LogP) is 2.88. The maximum Gasteiger partial charge on any atom is 0.223 e. The number of nitrogen functional groups attached to an aromatic ring is 1. The molecule has 1 aromatic carbocycles. The number of hydrogen-bond acceptors (Lipinski definition) is 4. The highest BCUT2D eigenvalue weighted by atomic mass is 35.5. The number of halogens is 1. The maximum atomic E-state index is 5.94. The molecule has 1 saturated carbocycles. The van der Waals surface area contributed by atoms with Crippen LogP contribution in [0.15, 0.2) is 36.4 Å². The molecule has 104 valence electrons. The fourth-order valence-electron chi connectivity index (χ4n) is 2.63. The molecular formula is C15H17ClN4. The molecule has 0 aliphatic heterocycles. The first-order valence-corrected chi connectivity index (χ1v) is 7.04. The number of aromatic nitrogens is 2. The fraction of sp³-hybridized carbons (Fsp3) is 0.333. The second-order valence-electron chi connectivity index (χ2n) is 5.41. The summed E-state index contributed by atoms with van der Waals surface area (Å²) in [6, 6.07) is 12.4. The van der Waals surface area contributed by atoms with Gasteiger partial charge >= 0.3 is 0 Å². The average molecular weight is 289 g/mol. The van der Waals surface area contributed by atoms with Gasteiger partial charge < -0.3 is 10.6 Å². The number of hydrogen-bond donors (Lipinski definition) is 1. The normalized spacial score (nSPS) is 15.9. The Labute approximate surface area is 123 Å². The Morgan fingerprint density at radius 2 is 1.95 bits per heavy atom. The summed E-state index contributed by atoms with van der Waals surface area (Å²) in [6.45, 7) is 0.907. The van der Waals surface area contributed by atoms with E-state index in [2.05, 4.69) is 39.1 Å². The minimum Gasteiger partial charge on any atom is -0.368 e. The highest BCUT2D eigenvalue weighted by Gasteiger charge is 2.45. The third-order valence-electron chi connectivity index (χ3n) is 3.87. The molecule has 0 unspecified atom stereocenters. The summed E-state index contributed by atoms with van der Waals surface area (Å²) < 4.78 is 0. The van der Waals surface area contributed by atoms with Gasteiger partial charge in [0.15, 0.2) is 0 Å². The average Bonchev–Trinajstić information content (AvgIpc) is 3.19. The number of anilines is 2. The van der Waals surface area contributed by atoms with E-state index in [1.54, 1.807) is 6.07 Å². The van der Waals surface area contributed by atoms with Crippen molar-refractivity contribution in [3.63, 3.8) is 0 Å². The molecule has 1 fully saturated rings. The highest BCUT2D eigenvalue weighted by molar-refractivity contribution is 6.29. The lowest BCUT2D eigenvalue weighted by atomic mass is 9.95. The van der Waals surface area contributed by atoms with Gasteiger partial charge in [0.2, 0.25) is 5.95 Å². The van der Waals surface area contributed by atoms with Crippen LogP contribution in [0.25, 0.3) is 0 Å². The first-order valence-electron chi connectivity index (χ1n) is 6.66. The zero-order valence-electron chi connectivity index (χ0n) is 11.4. The quantitative estimate of drug-likeness (QED) is 0.879. The summed E-state index contributed by atoms with van der Waals surface area (Å²) >= 11 is 5.94. The van der Waals surface area contributed by atoms with Crippen LogP contribution < -0.4 is 10.6 Å². The van der Waals surface area contributed by atoms with Gasteiger partial charge in [-0.1, -0.05) is 41.9 Å². The SMILES string of the molecule is CN(CC1(c2ccccc2)CC1)c1cc(Cl)nc(N)n1. The van der Waals surface area contributed by atoms with Gasteiger partial charge in [-0.15, -0.1) is 0 Å². The lowest BCUT2D eigenvalue weighted by molar-refractivity contribution is 0.668. The Balaban J connectivity index is 1.81. The Morgan fingerprint density at radius 1 is 1.25 bits per heavy atom. The monoisotopic (exact) mass is 288 g/mol. The van der Waals surface area contributed by atoms with Crippen molar-refractivity contribution in [3.8, 4) is 0 Å². The van der Waals surface area contributed by atoms with E-state index in [0.29, 0.717) is 5.15 Å². The minimum absolute atomic E-state index is 0.212. The van der Waals surface area contributed by atoms with Crippen LogP contribution in [0.3, 0.4) is 0 Å². The molecule has 1 aliphatic carbocycles. The summed E-state index contributed by atoms with van der Waals surface area (Å²) in [4.78, 5) is 10.2. The molecule has 5 heteroatoms. The Kier molecular flexibility index (Phi) is 3.26. The fourth-order valence-corrected chi connectivity index (χ4v) is 2.82. The van der Waals surface area contributed by atoms with Gasteiger partial charge in [0.25, 0.3) is 0 Å². The van der Waals surface area contributed by atoms with Crippen molar-refractivity contribution in [1.29, 1.82) is 0 Å². The second-order valence-corrected chi connectivity index (χ2v) is 5.80. The molecule has 0 radical (unpaired) electrons. The molecule has 3 rings (SSSR count). The number of nitrogens with two attached hydrogens (primary N) is 1. The van der Waals surface area contributed by atoms with E-state index in [0.717, 1.165) is 12.4 Å². The van der Waals surface area contributed by atoms with Crippen LogP contribution in [0.5, 0.6) is 0 Å². The van der Waals surface area contributed by atoms with Crippen LogP contribution in [0.2, 0.25) is 5.15 Å². The maximum absolute atomic E-state index is 5.94. The summed E-state index contributed by atoms with van der Waals surface area (Å²) in [5, 5.41) is 0.379. The van der Waals surface area contributed by atoms with Gasteiger partial charge in [0, 0.05) is 25.1 Å². The van der Waals surface area contributed by atoms with E-state index in [4.69, 9.17) is 17.3 Å². The van der Waals surface area contributed by atoms with E-state index in [-0.39, 0.29) is 11.4 Å². The molecule has 2 N–H and O–H groups in total. The van der Waals surface area contributed by atoms with E-state index in [1.165, 1.54) is 18.4 Å². The van der Waals surface area contributed by atoms with Crippen LogP contribution in [0, 0.1) is 0 Å². The minimum atomic E-state index is 0.212. The van der Waals surface area contributed by atoms with Gasteiger partial charge in [-0.05, 0) is 18.4 Å². The summed E-state index contributed by atoms with van der Waals surface area (Å²) in [5.74, 6) is 0.980. The van der Waals surface area contributed by atoms with Gasteiger partial charge in [-0.3, -0.25) is 0 Å². The Morgan fingerprint density at radius 3 is 2.55 bits per heavy atom. The topological polar surface area (TPSA) is 55.0 Å². The van der Waals surface area contributed by atoms with Gasteiger partial charge in [-0.25, -0.2) is 4.98 Å². The van der Waals surface area contributed by atoms with Gasteiger partial charge in [0.05, 0.1) is 0 Å². The van der Waals surface area contributed by atoms with Crippen molar-refractivity contribution in [2.24, 2.45) is 0 Å². The highest BCUT2D eigenvalue weighted by Crippen LogP contribution is 2.48. The van der Waals surface area contributed by atoms with Crippen LogP contribution >= 0.6 is 11.6 Å². The van der Waals surface area contributed by atoms with Crippen molar-refractivity contribution in [3.05, 3.63) is 47.1 Å². The lowest BCUT2D eigenvalue weighted by Gasteiger charge is -2.25. The van der Waals surface area contributed by atoms with Crippen molar-refractivity contribution >= 4 is 23.4 Å². The third kappa shape index (κ3) is 2.56. The van der Waals surface area contributed by atoms with E-state index < -0.39 is 0 Å². The van der Waals surface area contributed by atoms with Crippen molar-refractivity contribution in [2.45, 2.75) is 18.3 Å². The molecule has 1 aliphatic rings. The van der Waals surface area contributed by atoms with Crippen LogP contribution in [0.4, 0.5) is 11.8 Å². The first kappa shape index (κ1) is 13.2. The molecule has 4 nitrogen and oxygen atoms in total. The number of nitrogens with zero attached hydrogens (tertiary/aromatic N) is 3. The summed E-state index contributed by atoms with van der Waals surface area (Å²) in [5.41, 5.74) is 7.28. The molecule has 0 saturated heterocycles. The number of benzene rings is 1. The van der Waals surface area contributed by atoms with Crippen molar-refractivity contribution in [1.82, 2.24) is 9.97 Å². The summed E-state index contributed by atoms with van der Waals surface area (Å²) in [6.07, 6.45) is 2.41. The Bertz CT molecular complexity index is 590. The largest absolute Gasteiger partial charge is 0.368 e.